The Labute approximate surface area is 137 Å². The van der Waals surface area contributed by atoms with Crippen LogP contribution in [0.1, 0.15) is 24.8 Å². The Morgan fingerprint density at radius 3 is 2.48 bits per heavy atom. The smallest absolute Gasteiger partial charge is 0.264 e. The highest BCUT2D eigenvalue weighted by atomic mass is 31.2. The normalized spacial score (nSPS) is 15.0. The summed E-state index contributed by atoms with van der Waals surface area (Å²) >= 11 is 0. The van der Waals surface area contributed by atoms with Gasteiger partial charge in [0.25, 0.3) is 7.37 Å². The zero-order chi connectivity index (χ0) is 16.9. The van der Waals surface area contributed by atoms with Crippen LogP contribution in [0.3, 0.4) is 0 Å². The zero-order valence-electron chi connectivity index (χ0n) is 13.7. The quantitative estimate of drug-likeness (QED) is 0.788. The fourth-order valence-electron chi connectivity index (χ4n) is 2.20. The Balaban J connectivity index is 2.40. The first kappa shape index (κ1) is 17.7. The molecule has 124 valence electrons. The minimum absolute atomic E-state index is 0.323. The van der Waals surface area contributed by atoms with E-state index >= 15 is 0 Å². The van der Waals surface area contributed by atoms with E-state index in [2.05, 4.69) is 4.98 Å². The van der Waals surface area contributed by atoms with E-state index in [1.54, 1.807) is 30.5 Å². The van der Waals surface area contributed by atoms with E-state index in [9.17, 15) is 9.67 Å². The van der Waals surface area contributed by atoms with Crippen molar-refractivity contribution in [2.45, 2.75) is 19.2 Å². The minimum Gasteiger partial charge on any atom is -0.378 e. The van der Waals surface area contributed by atoms with Crippen LogP contribution in [-0.2, 0) is 9.09 Å². The molecule has 5 nitrogen and oxygen atoms in total. The van der Waals surface area contributed by atoms with Gasteiger partial charge in [-0.15, -0.1) is 0 Å². The van der Waals surface area contributed by atoms with Gasteiger partial charge < -0.3 is 14.5 Å². The van der Waals surface area contributed by atoms with Crippen LogP contribution in [0.4, 0.5) is 5.69 Å². The maximum absolute atomic E-state index is 13.4. The van der Waals surface area contributed by atoms with Gasteiger partial charge in [0.15, 0.2) is 5.85 Å². The lowest BCUT2D eigenvalue weighted by Crippen LogP contribution is -2.16. The van der Waals surface area contributed by atoms with E-state index in [4.69, 9.17) is 4.52 Å². The Bertz CT molecular complexity index is 659. The summed E-state index contributed by atoms with van der Waals surface area (Å²) in [6, 6.07) is 10.7. The average molecular weight is 334 g/mol. The van der Waals surface area contributed by atoms with E-state index in [0.29, 0.717) is 17.5 Å². The van der Waals surface area contributed by atoms with Crippen molar-refractivity contribution >= 4 is 18.4 Å². The molecule has 1 heterocycles. The molecular formula is C17H23N2O3P. The molecule has 0 radical (unpaired) electrons. The summed E-state index contributed by atoms with van der Waals surface area (Å²) < 4.78 is 19.1. The van der Waals surface area contributed by atoms with Gasteiger partial charge in [-0.25, -0.2) is 0 Å². The highest BCUT2D eigenvalue weighted by Gasteiger charge is 2.36. The van der Waals surface area contributed by atoms with Crippen LogP contribution >= 0.6 is 7.37 Å². The van der Waals surface area contributed by atoms with Gasteiger partial charge in [-0.2, -0.15) is 0 Å². The SMILES string of the molecule is CCCO[P@@](=O)(c1ccc(N(C)C)cc1)[C@@H](O)c1cccnc1. The number of aromatic nitrogens is 1. The maximum atomic E-state index is 13.4. The van der Waals surface area contributed by atoms with Gasteiger partial charge in [0.1, 0.15) is 0 Å². The lowest BCUT2D eigenvalue weighted by atomic mass is 10.3. The largest absolute Gasteiger partial charge is 0.378 e. The summed E-state index contributed by atoms with van der Waals surface area (Å²) in [4.78, 5) is 5.94. The molecule has 0 unspecified atom stereocenters. The minimum atomic E-state index is -3.45. The van der Waals surface area contributed by atoms with Crippen molar-refractivity contribution in [3.63, 3.8) is 0 Å². The summed E-state index contributed by atoms with van der Waals surface area (Å²) in [6.07, 6.45) is 3.85. The third kappa shape index (κ3) is 3.99. The lowest BCUT2D eigenvalue weighted by molar-refractivity contribution is 0.214. The summed E-state index contributed by atoms with van der Waals surface area (Å²) in [7, 11) is 0.420. The molecule has 23 heavy (non-hydrogen) atoms. The first-order valence-electron chi connectivity index (χ1n) is 7.59. The molecule has 0 aliphatic rings. The third-order valence-corrected chi connectivity index (χ3v) is 6.04. The number of hydrogen-bond acceptors (Lipinski definition) is 5. The summed E-state index contributed by atoms with van der Waals surface area (Å²) in [5.41, 5.74) is 1.48. The number of benzene rings is 1. The van der Waals surface area contributed by atoms with Gasteiger partial charge in [0.05, 0.1) is 6.61 Å². The first-order valence-corrected chi connectivity index (χ1v) is 9.28. The molecule has 1 aromatic carbocycles. The van der Waals surface area contributed by atoms with Gasteiger partial charge in [-0.05, 0) is 36.8 Å². The first-order chi connectivity index (χ1) is 11.0. The molecule has 2 aromatic rings. The van der Waals surface area contributed by atoms with Crippen molar-refractivity contribution in [3.8, 4) is 0 Å². The molecule has 2 atom stereocenters. The molecule has 6 heteroatoms. The second kappa shape index (κ2) is 7.73. The molecule has 0 spiro atoms. The molecule has 0 aliphatic carbocycles. The van der Waals surface area contributed by atoms with Crippen molar-refractivity contribution in [2.24, 2.45) is 0 Å². The van der Waals surface area contributed by atoms with Crippen LogP contribution in [0.2, 0.25) is 0 Å². The second-order valence-electron chi connectivity index (χ2n) is 5.50. The van der Waals surface area contributed by atoms with Crippen molar-refractivity contribution in [1.82, 2.24) is 4.98 Å². The van der Waals surface area contributed by atoms with Crippen LogP contribution in [-0.4, -0.2) is 30.8 Å². The zero-order valence-corrected chi connectivity index (χ0v) is 14.6. The molecular weight excluding hydrogens is 311 g/mol. The second-order valence-corrected chi connectivity index (χ2v) is 7.96. The third-order valence-electron chi connectivity index (χ3n) is 3.52. The number of pyridine rings is 1. The van der Waals surface area contributed by atoms with Crippen molar-refractivity contribution in [2.75, 3.05) is 25.6 Å². The van der Waals surface area contributed by atoms with Crippen molar-refractivity contribution in [3.05, 3.63) is 54.4 Å². The Hall–Kier alpha value is -1.68. The standard InChI is InChI=1S/C17H23N2O3P/c1-4-12-22-23(21,17(20)14-6-5-11-18-13-14)16-9-7-15(8-10-16)19(2)3/h5-11,13,17,20H,4,12H2,1-3H3/t17-,23+/m1/s1. The van der Waals surface area contributed by atoms with Crippen LogP contribution < -0.4 is 10.2 Å². The predicted octanol–water partition coefficient (Wildman–Crippen LogP) is 3.17. The topological polar surface area (TPSA) is 62.7 Å². The van der Waals surface area contributed by atoms with Gasteiger partial charge in [-0.1, -0.05) is 13.0 Å². The monoisotopic (exact) mass is 334 g/mol. The Morgan fingerprint density at radius 1 is 1.26 bits per heavy atom. The molecule has 1 N–H and O–H groups in total. The summed E-state index contributed by atoms with van der Waals surface area (Å²) in [6.45, 7) is 2.26. The summed E-state index contributed by atoms with van der Waals surface area (Å²) in [5, 5.41) is 11.2. The van der Waals surface area contributed by atoms with Crippen LogP contribution in [0.5, 0.6) is 0 Å². The molecule has 0 saturated carbocycles. The number of aliphatic hydroxyl groups is 1. The van der Waals surface area contributed by atoms with Gasteiger partial charge in [0, 0.05) is 43.0 Å². The molecule has 0 fully saturated rings. The molecule has 1 aromatic heterocycles. The number of anilines is 1. The van der Waals surface area contributed by atoms with E-state index in [1.807, 2.05) is 38.1 Å². The Morgan fingerprint density at radius 2 is 1.96 bits per heavy atom. The molecule has 2 rings (SSSR count). The number of hydrogen-bond donors (Lipinski definition) is 1. The molecule has 0 aliphatic heterocycles. The molecule has 0 bridgehead atoms. The van der Waals surface area contributed by atoms with Crippen molar-refractivity contribution < 1.29 is 14.2 Å². The highest BCUT2D eigenvalue weighted by molar-refractivity contribution is 7.67. The van der Waals surface area contributed by atoms with Gasteiger partial charge in [0.2, 0.25) is 0 Å². The van der Waals surface area contributed by atoms with Gasteiger partial charge >= 0.3 is 0 Å². The lowest BCUT2D eigenvalue weighted by Gasteiger charge is -2.24. The number of nitrogens with zero attached hydrogens (tertiary/aromatic N) is 2. The number of aliphatic hydroxyl groups excluding tert-OH is 1. The molecule has 0 amide bonds. The van der Waals surface area contributed by atoms with Crippen LogP contribution in [0.25, 0.3) is 0 Å². The Kier molecular flexibility index (Phi) is 5.94. The van der Waals surface area contributed by atoms with Crippen LogP contribution in [0.15, 0.2) is 48.8 Å². The van der Waals surface area contributed by atoms with E-state index in [0.717, 1.165) is 12.1 Å². The van der Waals surface area contributed by atoms with E-state index in [1.165, 1.54) is 6.20 Å². The van der Waals surface area contributed by atoms with E-state index in [-0.39, 0.29) is 0 Å². The average Bonchev–Trinajstić information content (AvgIpc) is 2.59. The molecule has 0 saturated heterocycles. The predicted molar refractivity (Wildman–Crippen MR) is 93.4 cm³/mol. The summed E-state index contributed by atoms with van der Waals surface area (Å²) in [5.74, 6) is -1.23. The fourth-order valence-corrected chi connectivity index (χ4v) is 4.33. The fraction of sp³-hybridized carbons (Fsp3) is 0.353. The van der Waals surface area contributed by atoms with Crippen molar-refractivity contribution in [1.29, 1.82) is 0 Å². The van der Waals surface area contributed by atoms with Crippen LogP contribution in [0, 0.1) is 0 Å². The highest BCUT2D eigenvalue weighted by Crippen LogP contribution is 2.57. The maximum Gasteiger partial charge on any atom is 0.264 e. The van der Waals surface area contributed by atoms with Gasteiger partial charge in [-0.3, -0.25) is 9.55 Å². The van der Waals surface area contributed by atoms with E-state index < -0.39 is 13.2 Å². The number of rotatable bonds is 7.